The van der Waals surface area contributed by atoms with Crippen LogP contribution in [-0.2, 0) is 0 Å². The third kappa shape index (κ3) is 3.28. The van der Waals surface area contributed by atoms with Crippen LogP contribution in [0.2, 0.25) is 0 Å². The van der Waals surface area contributed by atoms with Crippen molar-refractivity contribution in [3.8, 4) is 17.2 Å². The summed E-state index contributed by atoms with van der Waals surface area (Å²) in [5.74, 6) is -0.174. The van der Waals surface area contributed by atoms with Gasteiger partial charge in [0.05, 0.1) is 13.2 Å². The van der Waals surface area contributed by atoms with Crippen LogP contribution in [0.1, 0.15) is 10.6 Å². The number of carbonyl (C=O) groups excluding carboxylic acids is 1. The lowest BCUT2D eigenvalue weighted by Gasteiger charge is -2.01. The van der Waals surface area contributed by atoms with E-state index < -0.39 is 16.7 Å². The quantitative estimate of drug-likeness (QED) is 0.406. The first-order valence-corrected chi connectivity index (χ1v) is 8.14. The second kappa shape index (κ2) is 6.88. The van der Waals surface area contributed by atoms with E-state index in [9.17, 15) is 14.9 Å². The second-order valence-corrected chi connectivity index (χ2v) is 5.78. The molecular weight excluding hydrogens is 366 g/mol. The summed E-state index contributed by atoms with van der Waals surface area (Å²) in [5.41, 5.74) is 2.29. The molecule has 2 aromatic carbocycles. The maximum absolute atomic E-state index is 12.2. The van der Waals surface area contributed by atoms with Gasteiger partial charge in [-0.15, -0.1) is 0 Å². The minimum Gasteiger partial charge on any atom is -0.497 e. The smallest absolute Gasteiger partial charge is 0.433 e. The minimum absolute atomic E-state index is 0.163. The van der Waals surface area contributed by atoms with E-state index in [1.165, 1.54) is 6.07 Å². The summed E-state index contributed by atoms with van der Waals surface area (Å²) >= 11 is 0. The van der Waals surface area contributed by atoms with Crippen molar-refractivity contribution in [2.24, 2.45) is 0 Å². The molecule has 4 aromatic rings. The van der Waals surface area contributed by atoms with Crippen LogP contribution in [0, 0.1) is 10.1 Å². The van der Waals surface area contributed by atoms with Gasteiger partial charge in [0.1, 0.15) is 16.2 Å². The van der Waals surface area contributed by atoms with Gasteiger partial charge < -0.3 is 18.9 Å². The lowest BCUT2D eigenvalue weighted by Crippen LogP contribution is -2.10. The predicted octanol–water partition coefficient (Wildman–Crippen LogP) is 4.26. The molecule has 1 amide bonds. The van der Waals surface area contributed by atoms with Crippen LogP contribution in [-0.4, -0.2) is 22.9 Å². The van der Waals surface area contributed by atoms with E-state index >= 15 is 0 Å². The van der Waals surface area contributed by atoms with Crippen molar-refractivity contribution < 1.29 is 23.3 Å². The standard InChI is InChI=1S/C19H13N3O6/c1-26-13-4-2-3-11(9-13)19-21-14-10-12(5-6-15(14)28-19)20-18(23)16-7-8-17(27-16)22(24)25/h2-10H,1H3,(H,20,23). The molecule has 9 heteroatoms. The number of aromatic nitrogens is 1. The van der Waals surface area contributed by atoms with Gasteiger partial charge in [0, 0.05) is 11.3 Å². The first-order valence-electron chi connectivity index (χ1n) is 8.14. The Morgan fingerprint density at radius 3 is 2.75 bits per heavy atom. The first kappa shape index (κ1) is 17.3. The fourth-order valence-electron chi connectivity index (χ4n) is 2.63. The summed E-state index contributed by atoms with van der Waals surface area (Å²) in [7, 11) is 1.58. The SMILES string of the molecule is COc1cccc(-c2nc3cc(NC(=O)c4ccc([N+](=O)[O-])o4)ccc3o2)c1. The number of amides is 1. The van der Waals surface area contributed by atoms with Crippen molar-refractivity contribution in [3.63, 3.8) is 0 Å². The normalized spacial score (nSPS) is 10.8. The fourth-order valence-corrected chi connectivity index (χ4v) is 2.63. The van der Waals surface area contributed by atoms with Crippen molar-refractivity contribution in [2.45, 2.75) is 0 Å². The maximum atomic E-state index is 12.2. The Labute approximate surface area is 157 Å². The molecule has 28 heavy (non-hydrogen) atoms. The minimum atomic E-state index is -0.710. The Kier molecular flexibility index (Phi) is 4.24. The molecule has 0 bridgehead atoms. The van der Waals surface area contributed by atoms with Crippen LogP contribution in [0.25, 0.3) is 22.6 Å². The van der Waals surface area contributed by atoms with E-state index in [0.717, 1.165) is 11.6 Å². The van der Waals surface area contributed by atoms with Gasteiger partial charge in [-0.2, -0.15) is 0 Å². The molecule has 0 saturated carbocycles. The Balaban J connectivity index is 1.59. The molecular formula is C19H13N3O6. The molecule has 0 radical (unpaired) electrons. The van der Waals surface area contributed by atoms with Crippen LogP contribution < -0.4 is 10.1 Å². The summed E-state index contributed by atoms with van der Waals surface area (Å²) in [5, 5.41) is 13.3. The number of hydrogen-bond donors (Lipinski definition) is 1. The Hall–Kier alpha value is -4.14. The monoisotopic (exact) mass is 379 g/mol. The first-order chi connectivity index (χ1) is 13.5. The van der Waals surface area contributed by atoms with Gasteiger partial charge >= 0.3 is 5.88 Å². The van der Waals surface area contributed by atoms with E-state index in [1.807, 2.05) is 18.2 Å². The Morgan fingerprint density at radius 1 is 1.14 bits per heavy atom. The number of fused-ring (bicyclic) bond motifs is 1. The molecule has 0 spiro atoms. The van der Waals surface area contributed by atoms with Crippen LogP contribution in [0.4, 0.5) is 11.6 Å². The molecule has 4 rings (SSSR count). The van der Waals surface area contributed by atoms with E-state index in [-0.39, 0.29) is 5.76 Å². The predicted molar refractivity (Wildman–Crippen MR) is 99.3 cm³/mol. The average Bonchev–Trinajstić information content (AvgIpc) is 3.35. The Morgan fingerprint density at radius 2 is 2.00 bits per heavy atom. The van der Waals surface area contributed by atoms with Crippen molar-refractivity contribution in [2.75, 3.05) is 12.4 Å². The van der Waals surface area contributed by atoms with Gasteiger partial charge in [-0.25, -0.2) is 4.98 Å². The van der Waals surface area contributed by atoms with Gasteiger partial charge in [-0.1, -0.05) is 6.07 Å². The number of anilines is 1. The highest BCUT2D eigenvalue weighted by Gasteiger charge is 2.18. The summed E-state index contributed by atoms with van der Waals surface area (Å²) in [6.07, 6.45) is 0. The molecule has 0 saturated heterocycles. The molecule has 0 atom stereocenters. The number of methoxy groups -OCH3 is 1. The largest absolute Gasteiger partial charge is 0.497 e. The molecule has 1 N–H and O–H groups in total. The molecule has 0 aliphatic rings. The van der Waals surface area contributed by atoms with Crippen molar-refractivity contribution >= 4 is 28.6 Å². The van der Waals surface area contributed by atoms with Crippen molar-refractivity contribution in [1.29, 1.82) is 0 Å². The molecule has 2 heterocycles. The maximum Gasteiger partial charge on any atom is 0.433 e. The van der Waals surface area contributed by atoms with Crippen LogP contribution >= 0.6 is 0 Å². The van der Waals surface area contributed by atoms with E-state index in [4.69, 9.17) is 13.6 Å². The summed E-state index contributed by atoms with van der Waals surface area (Å²) in [6, 6.07) is 14.6. The summed E-state index contributed by atoms with van der Waals surface area (Å²) < 4.78 is 15.9. The van der Waals surface area contributed by atoms with E-state index in [2.05, 4.69) is 10.3 Å². The Bertz CT molecular complexity index is 1190. The van der Waals surface area contributed by atoms with Gasteiger partial charge in [0.15, 0.2) is 11.3 Å². The molecule has 0 aliphatic heterocycles. The number of ether oxygens (including phenoxy) is 1. The summed E-state index contributed by atoms with van der Waals surface area (Å²) in [6.45, 7) is 0. The topological polar surface area (TPSA) is 121 Å². The van der Waals surface area contributed by atoms with Crippen LogP contribution in [0.3, 0.4) is 0 Å². The van der Waals surface area contributed by atoms with Crippen LogP contribution in [0.15, 0.2) is 63.4 Å². The number of nitrogens with zero attached hydrogens (tertiary/aromatic N) is 2. The molecule has 2 aromatic heterocycles. The zero-order valence-corrected chi connectivity index (χ0v) is 14.5. The molecule has 140 valence electrons. The van der Waals surface area contributed by atoms with Crippen LogP contribution in [0.5, 0.6) is 5.75 Å². The molecule has 9 nitrogen and oxygen atoms in total. The number of furan rings is 1. The number of nitro groups is 1. The lowest BCUT2D eigenvalue weighted by atomic mass is 10.2. The fraction of sp³-hybridized carbons (Fsp3) is 0.0526. The molecule has 0 aliphatic carbocycles. The number of oxazole rings is 1. The molecule has 0 unspecified atom stereocenters. The van der Waals surface area contributed by atoms with E-state index in [1.54, 1.807) is 31.4 Å². The highest BCUT2D eigenvalue weighted by Crippen LogP contribution is 2.28. The van der Waals surface area contributed by atoms with Crippen molar-refractivity contribution in [3.05, 3.63) is 70.5 Å². The number of nitrogens with one attached hydrogen (secondary N) is 1. The number of hydrogen-bond acceptors (Lipinski definition) is 7. The highest BCUT2D eigenvalue weighted by atomic mass is 16.6. The van der Waals surface area contributed by atoms with Gasteiger partial charge in [0.2, 0.25) is 5.89 Å². The molecule has 0 fully saturated rings. The second-order valence-electron chi connectivity index (χ2n) is 5.78. The number of rotatable bonds is 5. The average molecular weight is 379 g/mol. The van der Waals surface area contributed by atoms with Gasteiger partial charge in [0.25, 0.3) is 5.91 Å². The highest BCUT2D eigenvalue weighted by molar-refractivity contribution is 6.03. The van der Waals surface area contributed by atoms with Crippen molar-refractivity contribution in [1.82, 2.24) is 4.98 Å². The van der Waals surface area contributed by atoms with Gasteiger partial charge in [-0.3, -0.25) is 14.9 Å². The number of benzene rings is 2. The third-order valence-corrected chi connectivity index (χ3v) is 3.96. The summed E-state index contributed by atoms with van der Waals surface area (Å²) in [4.78, 5) is 26.6. The third-order valence-electron chi connectivity index (χ3n) is 3.96. The van der Waals surface area contributed by atoms with E-state index in [0.29, 0.717) is 28.4 Å². The zero-order valence-electron chi connectivity index (χ0n) is 14.5. The van der Waals surface area contributed by atoms with Gasteiger partial charge in [-0.05, 0) is 42.5 Å². The number of carbonyl (C=O) groups is 1. The zero-order chi connectivity index (χ0) is 19.7. The lowest BCUT2D eigenvalue weighted by molar-refractivity contribution is -0.402.